The van der Waals surface area contributed by atoms with E-state index in [9.17, 15) is 13.2 Å². The Morgan fingerprint density at radius 2 is 2.31 bits per heavy atom. The molecule has 0 amide bonds. The molecule has 0 aromatic carbocycles. The van der Waals surface area contributed by atoms with Crippen molar-refractivity contribution in [2.75, 3.05) is 17.3 Å². The Balaban J connectivity index is 2.63. The second kappa shape index (κ2) is 4.79. The van der Waals surface area contributed by atoms with Crippen molar-refractivity contribution in [1.82, 2.24) is 4.98 Å². The second-order valence-corrected chi connectivity index (χ2v) is 6.52. The summed E-state index contributed by atoms with van der Waals surface area (Å²) in [6.45, 7) is 1.70. The molecule has 6 nitrogen and oxygen atoms in total. The van der Waals surface area contributed by atoms with Gasteiger partial charge in [0.25, 0.3) is 0 Å². The number of aromatic carboxylic acids is 1. The van der Waals surface area contributed by atoms with Crippen molar-refractivity contribution < 1.29 is 18.3 Å². The van der Waals surface area contributed by atoms with Crippen LogP contribution in [0, 0.1) is 0 Å². The number of thiazole rings is 1. The molecule has 90 valence electrons. The van der Waals surface area contributed by atoms with Gasteiger partial charge in [0.2, 0.25) is 0 Å². The summed E-state index contributed by atoms with van der Waals surface area (Å²) in [4.78, 5) is 14.3. The maximum absolute atomic E-state index is 11.0. The Labute approximate surface area is 97.2 Å². The lowest BCUT2D eigenvalue weighted by Gasteiger charge is -2.10. The summed E-state index contributed by atoms with van der Waals surface area (Å²) in [6, 6.07) is -0.303. The van der Waals surface area contributed by atoms with Gasteiger partial charge in [0.15, 0.2) is 10.8 Å². The molecule has 1 aromatic rings. The minimum Gasteiger partial charge on any atom is -0.476 e. The number of carboxylic acids is 1. The van der Waals surface area contributed by atoms with E-state index in [4.69, 9.17) is 5.11 Å². The van der Waals surface area contributed by atoms with Gasteiger partial charge in [-0.1, -0.05) is 0 Å². The first-order valence-electron chi connectivity index (χ1n) is 4.41. The molecule has 0 saturated carbocycles. The highest BCUT2D eigenvalue weighted by Crippen LogP contribution is 2.16. The van der Waals surface area contributed by atoms with Crippen LogP contribution in [0.1, 0.15) is 17.4 Å². The standard InChI is InChI=1S/C8H12N2O4S2/c1-5(4-16(2,13)14)9-8-10-6(3-15-8)7(11)12/h3,5H,4H2,1-2H3,(H,9,10)(H,11,12). The lowest BCUT2D eigenvalue weighted by Crippen LogP contribution is -2.24. The molecule has 0 aliphatic carbocycles. The van der Waals surface area contributed by atoms with E-state index in [1.54, 1.807) is 6.92 Å². The van der Waals surface area contributed by atoms with Gasteiger partial charge in [0, 0.05) is 17.7 Å². The SMILES string of the molecule is CC(CS(C)(=O)=O)Nc1nc(C(=O)O)cs1. The zero-order chi connectivity index (χ0) is 12.3. The molecule has 16 heavy (non-hydrogen) atoms. The number of carbonyl (C=O) groups is 1. The van der Waals surface area contributed by atoms with Crippen LogP contribution in [0.5, 0.6) is 0 Å². The molecule has 1 rings (SSSR count). The van der Waals surface area contributed by atoms with Gasteiger partial charge >= 0.3 is 5.97 Å². The van der Waals surface area contributed by atoms with E-state index >= 15 is 0 Å². The number of aromatic nitrogens is 1. The highest BCUT2D eigenvalue weighted by atomic mass is 32.2. The van der Waals surface area contributed by atoms with Gasteiger partial charge in [-0.2, -0.15) is 0 Å². The van der Waals surface area contributed by atoms with Crippen molar-refractivity contribution in [3.05, 3.63) is 11.1 Å². The van der Waals surface area contributed by atoms with Crippen molar-refractivity contribution >= 4 is 32.3 Å². The van der Waals surface area contributed by atoms with E-state index in [1.807, 2.05) is 0 Å². The van der Waals surface area contributed by atoms with E-state index in [0.29, 0.717) is 5.13 Å². The number of hydrogen-bond donors (Lipinski definition) is 2. The van der Waals surface area contributed by atoms with Crippen molar-refractivity contribution in [2.45, 2.75) is 13.0 Å². The largest absolute Gasteiger partial charge is 0.476 e. The predicted molar refractivity (Wildman–Crippen MR) is 61.9 cm³/mol. The summed E-state index contributed by atoms with van der Waals surface area (Å²) < 4.78 is 22.0. The van der Waals surface area contributed by atoms with E-state index in [-0.39, 0.29) is 17.5 Å². The Morgan fingerprint density at radius 1 is 1.69 bits per heavy atom. The number of nitrogens with zero attached hydrogens (tertiary/aromatic N) is 1. The van der Waals surface area contributed by atoms with E-state index in [0.717, 1.165) is 17.6 Å². The Kier molecular flexibility index (Phi) is 3.87. The number of hydrogen-bond acceptors (Lipinski definition) is 6. The molecule has 2 N–H and O–H groups in total. The first-order chi connectivity index (χ1) is 7.28. The summed E-state index contributed by atoms with van der Waals surface area (Å²) >= 11 is 1.13. The lowest BCUT2D eigenvalue weighted by molar-refractivity contribution is 0.0691. The number of nitrogens with one attached hydrogen (secondary N) is 1. The van der Waals surface area contributed by atoms with Gasteiger partial charge in [-0.25, -0.2) is 18.2 Å². The minimum absolute atomic E-state index is 0.0189. The first-order valence-corrected chi connectivity index (χ1v) is 7.35. The zero-order valence-electron chi connectivity index (χ0n) is 8.80. The zero-order valence-corrected chi connectivity index (χ0v) is 10.4. The molecule has 0 spiro atoms. The fraction of sp³-hybridized carbons (Fsp3) is 0.500. The fourth-order valence-corrected chi connectivity index (χ4v) is 2.93. The monoisotopic (exact) mass is 264 g/mol. The predicted octanol–water partition coefficient (Wildman–Crippen LogP) is 0.686. The van der Waals surface area contributed by atoms with Gasteiger partial charge < -0.3 is 10.4 Å². The summed E-state index contributed by atoms with van der Waals surface area (Å²) in [5.41, 5.74) is -0.0425. The third kappa shape index (κ3) is 4.15. The van der Waals surface area contributed by atoms with Gasteiger partial charge in [-0.15, -0.1) is 11.3 Å². The summed E-state index contributed by atoms with van der Waals surface area (Å²) in [7, 11) is -3.05. The minimum atomic E-state index is -3.05. The molecular weight excluding hydrogens is 252 g/mol. The third-order valence-corrected chi connectivity index (χ3v) is 3.52. The van der Waals surface area contributed by atoms with Crippen LogP contribution in [-0.2, 0) is 9.84 Å². The maximum atomic E-state index is 11.0. The molecule has 1 heterocycles. The molecule has 0 bridgehead atoms. The molecule has 1 unspecified atom stereocenters. The lowest BCUT2D eigenvalue weighted by atomic mass is 10.4. The first kappa shape index (κ1) is 12.9. The highest BCUT2D eigenvalue weighted by molar-refractivity contribution is 7.90. The van der Waals surface area contributed by atoms with Crippen LogP contribution >= 0.6 is 11.3 Å². The topological polar surface area (TPSA) is 96.4 Å². The van der Waals surface area contributed by atoms with Crippen molar-refractivity contribution in [2.24, 2.45) is 0 Å². The molecule has 0 aliphatic heterocycles. The summed E-state index contributed by atoms with van der Waals surface area (Å²) in [6.07, 6.45) is 1.15. The number of rotatable bonds is 5. The smallest absolute Gasteiger partial charge is 0.355 e. The van der Waals surface area contributed by atoms with Crippen LogP contribution in [0.25, 0.3) is 0 Å². The maximum Gasteiger partial charge on any atom is 0.355 e. The quantitative estimate of drug-likeness (QED) is 0.812. The van der Waals surface area contributed by atoms with Crippen LogP contribution in [0.15, 0.2) is 5.38 Å². The van der Waals surface area contributed by atoms with Gasteiger partial charge in [-0.05, 0) is 6.92 Å². The van der Waals surface area contributed by atoms with Crippen LogP contribution in [0.2, 0.25) is 0 Å². The van der Waals surface area contributed by atoms with Crippen molar-refractivity contribution in [1.29, 1.82) is 0 Å². The molecular formula is C8H12N2O4S2. The van der Waals surface area contributed by atoms with Gasteiger partial charge in [-0.3, -0.25) is 0 Å². The Hall–Kier alpha value is -1.15. The van der Waals surface area contributed by atoms with E-state index in [2.05, 4.69) is 10.3 Å². The third-order valence-electron chi connectivity index (χ3n) is 1.65. The molecule has 8 heteroatoms. The highest BCUT2D eigenvalue weighted by Gasteiger charge is 2.13. The van der Waals surface area contributed by atoms with E-state index in [1.165, 1.54) is 5.38 Å². The van der Waals surface area contributed by atoms with Crippen molar-refractivity contribution in [3.8, 4) is 0 Å². The average Bonchev–Trinajstić information content (AvgIpc) is 2.48. The second-order valence-electron chi connectivity index (χ2n) is 3.48. The molecule has 1 atom stereocenters. The fourth-order valence-electron chi connectivity index (χ4n) is 1.14. The molecule has 0 saturated heterocycles. The van der Waals surface area contributed by atoms with Crippen LogP contribution < -0.4 is 5.32 Å². The molecule has 0 radical (unpaired) electrons. The van der Waals surface area contributed by atoms with Crippen LogP contribution in [-0.4, -0.2) is 42.5 Å². The normalized spacial score (nSPS) is 13.4. The number of sulfone groups is 1. The van der Waals surface area contributed by atoms with Gasteiger partial charge in [0.05, 0.1) is 5.75 Å². The summed E-state index contributed by atoms with van der Waals surface area (Å²) in [5.74, 6) is -1.12. The van der Waals surface area contributed by atoms with E-state index < -0.39 is 15.8 Å². The van der Waals surface area contributed by atoms with Crippen LogP contribution in [0.3, 0.4) is 0 Å². The van der Waals surface area contributed by atoms with Gasteiger partial charge in [0.1, 0.15) is 9.84 Å². The van der Waals surface area contributed by atoms with Crippen molar-refractivity contribution in [3.63, 3.8) is 0 Å². The molecule has 0 aliphatic rings. The summed E-state index contributed by atoms with van der Waals surface area (Å²) in [5, 5.41) is 13.3. The Morgan fingerprint density at radius 3 is 2.75 bits per heavy atom. The average molecular weight is 264 g/mol. The van der Waals surface area contributed by atoms with Crippen LogP contribution in [0.4, 0.5) is 5.13 Å². The number of anilines is 1. The number of carboxylic acid groups (broad SMARTS) is 1. The Bertz CT molecular complexity index is 480. The molecule has 1 aromatic heterocycles. The molecule has 0 fully saturated rings.